The van der Waals surface area contributed by atoms with Crippen LogP contribution in [0, 0.1) is 5.92 Å². The average molecular weight is 380 g/mol. The van der Waals surface area contributed by atoms with Gasteiger partial charge < -0.3 is 26.2 Å². The van der Waals surface area contributed by atoms with Crippen LogP contribution in [-0.2, 0) is 11.2 Å². The smallest absolute Gasteiger partial charge is 0.252 e. The molecule has 8 heteroatoms. The highest BCUT2D eigenvalue weighted by Crippen LogP contribution is 2.32. The van der Waals surface area contributed by atoms with Gasteiger partial charge in [0, 0.05) is 18.7 Å². The van der Waals surface area contributed by atoms with Crippen LogP contribution < -0.4 is 16.4 Å². The Balaban J connectivity index is 1.60. The highest BCUT2D eigenvalue weighted by Gasteiger charge is 2.32. The summed E-state index contributed by atoms with van der Waals surface area (Å²) in [6.45, 7) is 5.32. The van der Waals surface area contributed by atoms with E-state index >= 15 is 0 Å². The second-order valence-electron chi connectivity index (χ2n) is 8.19. The first kappa shape index (κ1) is 20.0. The van der Waals surface area contributed by atoms with Gasteiger partial charge in [-0.25, -0.2) is 4.39 Å². The fraction of sp³-hybridized carbons (Fsp3) is 0.684. The van der Waals surface area contributed by atoms with Gasteiger partial charge in [-0.3, -0.25) is 9.78 Å². The molecule has 0 bridgehead atoms. The van der Waals surface area contributed by atoms with E-state index in [1.165, 1.54) is 20.0 Å². The highest BCUT2D eigenvalue weighted by molar-refractivity contribution is 5.99. The normalized spacial score (nSPS) is 24.0. The number of hydrogen-bond donors (Lipinski definition) is 4. The molecule has 2 aliphatic rings. The zero-order chi connectivity index (χ0) is 19.6. The van der Waals surface area contributed by atoms with E-state index in [1.54, 1.807) is 6.07 Å². The minimum atomic E-state index is -1.55. The maximum atomic E-state index is 14.3. The van der Waals surface area contributed by atoms with Gasteiger partial charge in [-0.15, -0.1) is 0 Å². The van der Waals surface area contributed by atoms with Crippen molar-refractivity contribution in [3.05, 3.63) is 23.5 Å². The molecule has 1 aliphatic carbocycles. The maximum Gasteiger partial charge on any atom is 0.252 e. The molecule has 2 heterocycles. The van der Waals surface area contributed by atoms with Crippen molar-refractivity contribution >= 4 is 11.6 Å². The fourth-order valence-corrected chi connectivity index (χ4v) is 3.40. The molecule has 1 atom stereocenters. The number of halogens is 1. The van der Waals surface area contributed by atoms with E-state index in [9.17, 15) is 14.3 Å². The minimum Gasteiger partial charge on any atom is -0.387 e. The molecule has 1 aromatic rings. The summed E-state index contributed by atoms with van der Waals surface area (Å²) in [5, 5.41) is 16.7. The average Bonchev–Trinajstić information content (AvgIpc) is 2.49. The Morgan fingerprint density at radius 3 is 2.70 bits per heavy atom. The lowest BCUT2D eigenvalue weighted by Crippen LogP contribution is -2.50. The Bertz CT molecular complexity index is 669. The molecule has 7 nitrogen and oxygen atoms in total. The number of aliphatic hydroxyl groups is 1. The fourth-order valence-electron chi connectivity index (χ4n) is 3.40. The van der Waals surface area contributed by atoms with Crippen LogP contribution in [0.5, 0.6) is 0 Å². The van der Waals surface area contributed by atoms with Gasteiger partial charge in [0.05, 0.1) is 41.8 Å². The summed E-state index contributed by atoms with van der Waals surface area (Å²) in [6.07, 6.45) is 1.80. The molecule has 1 saturated carbocycles. The molecule has 1 saturated heterocycles. The lowest BCUT2D eigenvalue weighted by Gasteiger charge is -2.39. The van der Waals surface area contributed by atoms with Crippen molar-refractivity contribution in [1.29, 1.82) is 0 Å². The quantitative estimate of drug-likeness (QED) is 0.509. The molecule has 2 fully saturated rings. The third-order valence-electron chi connectivity index (χ3n) is 5.34. The number of nitrogens with one attached hydrogen (secondary N) is 2. The summed E-state index contributed by atoms with van der Waals surface area (Å²) in [7, 11) is 0. The van der Waals surface area contributed by atoms with Crippen LogP contribution in [-0.4, -0.2) is 59.6 Å². The standard InChI is InChI=1S/C19H29FN4O3/c1-19(2,26)16(20)7-15-17(18(21)25)14(3-4-22-15)24-12-5-11(6-12)8-23-13-9-27-10-13/h3-4,11-13,16,23,26H,5-10H2,1-2H3,(H2,21,25)(H,22,24)/t11?,12?,16-/m1/s1. The Kier molecular flexibility index (Phi) is 5.98. The topological polar surface area (TPSA) is 110 Å². The highest BCUT2D eigenvalue weighted by atomic mass is 19.1. The first-order valence-corrected chi connectivity index (χ1v) is 9.45. The number of ether oxygens (including phenoxy) is 1. The first-order chi connectivity index (χ1) is 12.7. The van der Waals surface area contributed by atoms with Gasteiger partial charge in [0.1, 0.15) is 6.17 Å². The van der Waals surface area contributed by atoms with Crippen molar-refractivity contribution in [3.63, 3.8) is 0 Å². The van der Waals surface area contributed by atoms with E-state index < -0.39 is 17.7 Å². The molecule has 150 valence electrons. The molecule has 5 N–H and O–H groups in total. The predicted octanol–water partition coefficient (Wildman–Crippen LogP) is 1.01. The Morgan fingerprint density at radius 1 is 1.44 bits per heavy atom. The van der Waals surface area contributed by atoms with E-state index in [1.807, 2.05) is 0 Å². The van der Waals surface area contributed by atoms with Gasteiger partial charge in [-0.05, 0) is 45.2 Å². The molecule has 0 aromatic carbocycles. The third-order valence-corrected chi connectivity index (χ3v) is 5.34. The van der Waals surface area contributed by atoms with Gasteiger partial charge in [0.25, 0.3) is 5.91 Å². The molecular weight excluding hydrogens is 351 g/mol. The van der Waals surface area contributed by atoms with Crippen molar-refractivity contribution < 1.29 is 19.0 Å². The molecule has 1 amide bonds. The number of aromatic nitrogens is 1. The number of amides is 1. The van der Waals surface area contributed by atoms with E-state index in [4.69, 9.17) is 10.5 Å². The summed E-state index contributed by atoms with van der Waals surface area (Å²) < 4.78 is 19.4. The summed E-state index contributed by atoms with van der Waals surface area (Å²) in [6, 6.07) is 2.42. The Morgan fingerprint density at radius 2 is 2.15 bits per heavy atom. The molecule has 0 radical (unpaired) electrons. The van der Waals surface area contributed by atoms with Gasteiger partial charge in [-0.1, -0.05) is 0 Å². The zero-order valence-corrected chi connectivity index (χ0v) is 15.9. The SMILES string of the molecule is CC(C)(O)[C@H](F)Cc1nccc(NC2CC(CNC3COC3)C2)c1C(N)=O. The monoisotopic (exact) mass is 380 g/mol. The predicted molar refractivity (Wildman–Crippen MR) is 100 cm³/mol. The summed E-state index contributed by atoms with van der Waals surface area (Å²) in [4.78, 5) is 16.1. The number of carbonyl (C=O) groups excluding carboxylic acids is 1. The summed E-state index contributed by atoms with van der Waals surface area (Å²) in [5.41, 5.74) is 5.08. The molecular formula is C19H29FN4O3. The number of rotatable bonds is 9. The molecule has 0 spiro atoms. The second kappa shape index (κ2) is 8.08. The lowest BCUT2D eigenvalue weighted by atomic mass is 9.79. The Labute approximate surface area is 158 Å². The molecule has 1 aromatic heterocycles. The number of carbonyl (C=O) groups is 1. The van der Waals surface area contributed by atoms with Crippen LogP contribution in [0.4, 0.5) is 10.1 Å². The number of nitrogens with zero attached hydrogens (tertiary/aromatic N) is 1. The maximum absolute atomic E-state index is 14.3. The van der Waals surface area contributed by atoms with Gasteiger partial charge in [-0.2, -0.15) is 0 Å². The van der Waals surface area contributed by atoms with Crippen LogP contribution in [0.1, 0.15) is 42.7 Å². The third kappa shape index (κ3) is 4.94. The van der Waals surface area contributed by atoms with Crippen molar-refractivity contribution in [1.82, 2.24) is 10.3 Å². The number of hydrogen-bond acceptors (Lipinski definition) is 6. The first-order valence-electron chi connectivity index (χ1n) is 9.45. The van der Waals surface area contributed by atoms with Crippen molar-refractivity contribution in [2.24, 2.45) is 11.7 Å². The number of alkyl halides is 1. The van der Waals surface area contributed by atoms with E-state index in [0.717, 1.165) is 32.6 Å². The number of anilines is 1. The van der Waals surface area contributed by atoms with E-state index in [2.05, 4.69) is 15.6 Å². The van der Waals surface area contributed by atoms with Crippen molar-refractivity contribution in [2.75, 3.05) is 25.1 Å². The molecule has 0 unspecified atom stereocenters. The lowest BCUT2D eigenvalue weighted by molar-refractivity contribution is -0.00808. The van der Waals surface area contributed by atoms with Gasteiger partial charge >= 0.3 is 0 Å². The molecule has 1 aliphatic heterocycles. The van der Waals surface area contributed by atoms with E-state index in [0.29, 0.717) is 17.6 Å². The van der Waals surface area contributed by atoms with Crippen molar-refractivity contribution in [3.8, 4) is 0 Å². The molecule has 27 heavy (non-hydrogen) atoms. The van der Waals surface area contributed by atoms with Crippen LogP contribution in [0.25, 0.3) is 0 Å². The summed E-state index contributed by atoms with van der Waals surface area (Å²) >= 11 is 0. The van der Waals surface area contributed by atoms with Crippen LogP contribution in [0.15, 0.2) is 12.3 Å². The number of pyridine rings is 1. The van der Waals surface area contributed by atoms with Crippen LogP contribution >= 0.6 is 0 Å². The summed E-state index contributed by atoms with van der Waals surface area (Å²) in [5.74, 6) is -0.0575. The minimum absolute atomic E-state index is 0.169. The van der Waals surface area contributed by atoms with Gasteiger partial charge in [0.2, 0.25) is 0 Å². The second-order valence-corrected chi connectivity index (χ2v) is 8.19. The van der Waals surface area contributed by atoms with Crippen molar-refractivity contribution in [2.45, 2.75) is 57.0 Å². The zero-order valence-electron chi connectivity index (χ0n) is 15.9. The van der Waals surface area contributed by atoms with Gasteiger partial charge in [0.15, 0.2) is 0 Å². The number of nitrogens with two attached hydrogens (primary N) is 1. The van der Waals surface area contributed by atoms with Crippen LogP contribution in [0.3, 0.4) is 0 Å². The van der Waals surface area contributed by atoms with Crippen LogP contribution in [0.2, 0.25) is 0 Å². The Hall–Kier alpha value is -1.77. The van der Waals surface area contributed by atoms with E-state index in [-0.39, 0.29) is 23.7 Å². The largest absolute Gasteiger partial charge is 0.387 e. The molecule has 3 rings (SSSR count). The number of primary amides is 1.